The molecule has 3 rings (SSSR count). The molecule has 5 heteroatoms. The van der Waals surface area contributed by atoms with Crippen LogP contribution < -0.4 is 0 Å². The van der Waals surface area contributed by atoms with E-state index in [1.54, 1.807) is 36.4 Å². The monoisotopic (exact) mass is 304 g/mol. The molecule has 1 aliphatic heterocycles. The Labute approximate surface area is 121 Å². The molecule has 3 nitrogen and oxygen atoms in total. The van der Waals surface area contributed by atoms with Gasteiger partial charge in [0.05, 0.1) is 4.90 Å². The highest BCUT2D eigenvalue weighted by atomic mass is 35.5. The minimum atomic E-state index is -3.73. The molecule has 0 unspecified atom stereocenters. The number of allylic oxidation sites excluding steroid dienone is 1. The van der Waals surface area contributed by atoms with Gasteiger partial charge in [0.25, 0.3) is 0 Å². The third-order valence-corrected chi connectivity index (χ3v) is 5.17. The van der Waals surface area contributed by atoms with Crippen LogP contribution in [-0.2, 0) is 9.84 Å². The molecule has 0 fully saturated rings. The highest BCUT2D eigenvalue weighted by molar-refractivity contribution is 7.97. The second-order valence-corrected chi connectivity index (χ2v) is 6.71. The van der Waals surface area contributed by atoms with Crippen molar-refractivity contribution in [3.8, 4) is 0 Å². The van der Waals surface area contributed by atoms with Gasteiger partial charge in [0.15, 0.2) is 0 Å². The number of rotatable bonds is 1. The summed E-state index contributed by atoms with van der Waals surface area (Å²) in [5.74, 6) is -0.462. The Balaban J connectivity index is 2.17. The molecule has 2 aromatic rings. The second kappa shape index (κ2) is 4.58. The molecule has 0 saturated heterocycles. The van der Waals surface area contributed by atoms with Crippen LogP contribution in [0.3, 0.4) is 0 Å². The minimum Gasteiger partial charge on any atom is -0.288 e. The molecule has 2 aromatic carbocycles. The molecular weight excluding hydrogens is 296 g/mol. The predicted octanol–water partition coefficient (Wildman–Crippen LogP) is 3.35. The summed E-state index contributed by atoms with van der Waals surface area (Å²) in [5.41, 5.74) is 0.849. The van der Waals surface area contributed by atoms with Crippen molar-refractivity contribution in [1.29, 1.82) is 0 Å². The third-order valence-electron chi connectivity index (χ3n) is 3.10. The van der Waals surface area contributed by atoms with Gasteiger partial charge in [-0.1, -0.05) is 35.9 Å². The Morgan fingerprint density at radius 3 is 2.25 bits per heavy atom. The number of hydrogen-bond acceptors (Lipinski definition) is 3. The van der Waals surface area contributed by atoms with Gasteiger partial charge < -0.3 is 0 Å². The van der Waals surface area contributed by atoms with E-state index in [1.807, 2.05) is 0 Å². The number of Topliss-reactive ketones (excluding diaryl/α,β-unsaturated/α-hetero) is 1. The molecule has 0 amide bonds. The Bertz CT molecular complexity index is 834. The van der Waals surface area contributed by atoms with Gasteiger partial charge in [0.1, 0.15) is 4.91 Å². The summed E-state index contributed by atoms with van der Waals surface area (Å²) >= 11 is 5.78. The lowest BCUT2D eigenvalue weighted by Crippen LogP contribution is -2.01. The average Bonchev–Trinajstić information content (AvgIpc) is 2.63. The summed E-state index contributed by atoms with van der Waals surface area (Å²) in [6, 6.07) is 12.9. The number of halogens is 1. The van der Waals surface area contributed by atoms with Gasteiger partial charge in [-0.15, -0.1) is 0 Å². The minimum absolute atomic E-state index is 0.0743. The largest absolute Gasteiger partial charge is 0.288 e. The Kier molecular flexibility index (Phi) is 3.00. The topological polar surface area (TPSA) is 51.2 Å². The van der Waals surface area contributed by atoms with Crippen LogP contribution >= 0.6 is 11.6 Å². The van der Waals surface area contributed by atoms with Crippen molar-refractivity contribution in [1.82, 2.24) is 0 Å². The van der Waals surface area contributed by atoms with Crippen molar-refractivity contribution in [3.05, 3.63) is 69.6 Å². The maximum Gasteiger partial charge on any atom is 0.211 e. The van der Waals surface area contributed by atoms with E-state index in [1.165, 1.54) is 18.2 Å². The molecule has 0 atom stereocenters. The van der Waals surface area contributed by atoms with E-state index in [-0.39, 0.29) is 15.4 Å². The summed E-state index contributed by atoms with van der Waals surface area (Å²) in [7, 11) is -3.73. The van der Waals surface area contributed by atoms with Crippen molar-refractivity contribution in [2.24, 2.45) is 0 Å². The molecule has 0 aliphatic carbocycles. The van der Waals surface area contributed by atoms with Crippen molar-refractivity contribution in [2.45, 2.75) is 4.90 Å². The van der Waals surface area contributed by atoms with Crippen molar-refractivity contribution >= 4 is 33.3 Å². The first kappa shape index (κ1) is 13.1. The van der Waals surface area contributed by atoms with E-state index in [0.29, 0.717) is 10.6 Å². The molecule has 0 spiro atoms. The predicted molar refractivity (Wildman–Crippen MR) is 77.4 cm³/mol. The Morgan fingerprint density at radius 2 is 1.60 bits per heavy atom. The summed E-state index contributed by atoms with van der Waals surface area (Å²) in [5, 5.41) is 0.552. The van der Waals surface area contributed by atoms with Gasteiger partial charge in [-0.2, -0.15) is 0 Å². The second-order valence-electron chi connectivity index (χ2n) is 4.39. The fourth-order valence-electron chi connectivity index (χ4n) is 2.12. The normalized spacial score (nSPS) is 18.2. The summed E-state index contributed by atoms with van der Waals surface area (Å²) in [6.45, 7) is 0. The summed E-state index contributed by atoms with van der Waals surface area (Å²) in [6.07, 6.45) is 1.38. The summed E-state index contributed by atoms with van der Waals surface area (Å²) in [4.78, 5) is 12.1. The van der Waals surface area contributed by atoms with Gasteiger partial charge in [0, 0.05) is 10.6 Å². The van der Waals surface area contributed by atoms with Crippen molar-refractivity contribution < 1.29 is 13.2 Å². The van der Waals surface area contributed by atoms with Crippen LogP contribution in [0.25, 0.3) is 6.08 Å². The average molecular weight is 305 g/mol. The van der Waals surface area contributed by atoms with E-state index in [2.05, 4.69) is 0 Å². The van der Waals surface area contributed by atoms with Gasteiger partial charge in [-0.3, -0.25) is 4.79 Å². The maximum absolute atomic E-state index is 12.4. The number of hydrogen-bond donors (Lipinski definition) is 0. The maximum atomic E-state index is 12.4. The van der Waals surface area contributed by atoms with E-state index >= 15 is 0 Å². The van der Waals surface area contributed by atoms with Gasteiger partial charge in [0.2, 0.25) is 15.6 Å². The summed E-state index contributed by atoms with van der Waals surface area (Å²) < 4.78 is 24.7. The van der Waals surface area contributed by atoms with Gasteiger partial charge in [-0.05, 0) is 35.9 Å². The first-order valence-corrected chi connectivity index (χ1v) is 7.72. The third kappa shape index (κ3) is 1.97. The van der Waals surface area contributed by atoms with Crippen molar-refractivity contribution in [2.75, 3.05) is 0 Å². The first-order valence-electron chi connectivity index (χ1n) is 5.86. The number of sulfone groups is 1. The molecule has 0 bridgehead atoms. The van der Waals surface area contributed by atoms with E-state index < -0.39 is 15.6 Å². The Morgan fingerprint density at radius 1 is 0.950 bits per heavy atom. The van der Waals surface area contributed by atoms with E-state index in [0.717, 1.165) is 0 Å². The van der Waals surface area contributed by atoms with Crippen LogP contribution in [0.5, 0.6) is 0 Å². The van der Waals surface area contributed by atoms with E-state index in [9.17, 15) is 13.2 Å². The first-order chi connectivity index (χ1) is 9.50. The highest BCUT2D eigenvalue weighted by Gasteiger charge is 2.38. The number of carbonyl (C=O) groups excluding carboxylic acids is 1. The van der Waals surface area contributed by atoms with Crippen LogP contribution in [0, 0.1) is 0 Å². The lowest BCUT2D eigenvalue weighted by atomic mass is 10.1. The smallest absolute Gasteiger partial charge is 0.211 e. The van der Waals surface area contributed by atoms with Gasteiger partial charge >= 0.3 is 0 Å². The molecule has 0 N–H and O–H groups in total. The van der Waals surface area contributed by atoms with Crippen LogP contribution in [0.1, 0.15) is 15.9 Å². The fraction of sp³-hybridized carbons (Fsp3) is 0. The van der Waals surface area contributed by atoms with Crippen LogP contribution in [0.2, 0.25) is 5.02 Å². The van der Waals surface area contributed by atoms with Gasteiger partial charge in [-0.25, -0.2) is 8.42 Å². The SMILES string of the molecule is O=C1C(=Cc2ccc(Cl)cc2)S(=O)(=O)c2ccccc21. The van der Waals surface area contributed by atoms with Crippen LogP contribution in [-0.4, -0.2) is 14.2 Å². The zero-order valence-corrected chi connectivity index (χ0v) is 11.8. The lowest BCUT2D eigenvalue weighted by molar-refractivity contribution is 0.104. The number of carbonyl (C=O) groups is 1. The zero-order chi connectivity index (χ0) is 14.3. The van der Waals surface area contributed by atoms with Crippen molar-refractivity contribution in [3.63, 3.8) is 0 Å². The molecule has 0 saturated carbocycles. The number of ketones is 1. The Hall–Kier alpha value is -1.91. The van der Waals surface area contributed by atoms with E-state index in [4.69, 9.17) is 11.6 Å². The number of fused-ring (bicyclic) bond motifs is 1. The molecule has 1 aliphatic rings. The fourth-order valence-corrected chi connectivity index (χ4v) is 3.83. The molecule has 0 aromatic heterocycles. The zero-order valence-electron chi connectivity index (χ0n) is 10.2. The number of benzene rings is 2. The molecule has 0 radical (unpaired) electrons. The van der Waals surface area contributed by atoms with Crippen LogP contribution in [0.15, 0.2) is 58.3 Å². The molecule has 1 heterocycles. The quantitative estimate of drug-likeness (QED) is 0.759. The highest BCUT2D eigenvalue weighted by Crippen LogP contribution is 2.34. The molecule has 20 heavy (non-hydrogen) atoms. The van der Waals surface area contributed by atoms with Crippen LogP contribution in [0.4, 0.5) is 0 Å². The standard InChI is InChI=1S/C15H9ClO3S/c16-11-7-5-10(6-8-11)9-14-15(17)12-3-1-2-4-13(12)20(14,18)19/h1-9H. The molecular formula is C15H9ClO3S. The lowest BCUT2D eigenvalue weighted by Gasteiger charge is -1.98. The molecule has 100 valence electrons.